The molecule has 74 valence electrons. The first kappa shape index (κ1) is 9.54. The second-order valence-corrected chi connectivity index (χ2v) is 4.74. The fourth-order valence-corrected chi connectivity index (χ4v) is 2.85. The van der Waals surface area contributed by atoms with Gasteiger partial charge in [0.2, 0.25) is 0 Å². The van der Waals surface area contributed by atoms with Gasteiger partial charge in [0.25, 0.3) is 0 Å². The summed E-state index contributed by atoms with van der Waals surface area (Å²) in [6, 6.07) is 0. The van der Waals surface area contributed by atoms with Crippen LogP contribution >= 0.6 is 11.6 Å². The smallest absolute Gasteiger partial charge is 0.0144 e. The monoisotopic (exact) mass is 199 g/mol. The second kappa shape index (κ2) is 4.47. The topological polar surface area (TPSA) is 12.0 Å². The third-order valence-electron chi connectivity index (χ3n) is 3.34. The fraction of sp³-hybridized carbons (Fsp3) is 0.818. The summed E-state index contributed by atoms with van der Waals surface area (Å²) in [7, 11) is 0. The Labute approximate surface area is 85.5 Å². The fourth-order valence-electron chi connectivity index (χ4n) is 2.55. The second-order valence-electron chi connectivity index (χ2n) is 4.26. The van der Waals surface area contributed by atoms with Crippen LogP contribution in [0, 0.1) is 11.8 Å². The van der Waals surface area contributed by atoms with E-state index in [0.717, 1.165) is 23.3 Å². The summed E-state index contributed by atoms with van der Waals surface area (Å²) in [5.41, 5.74) is 0. The van der Waals surface area contributed by atoms with Gasteiger partial charge in [-0.1, -0.05) is 17.7 Å². The van der Waals surface area contributed by atoms with Crippen molar-refractivity contribution >= 4 is 11.6 Å². The third kappa shape index (κ3) is 2.47. The van der Waals surface area contributed by atoms with Gasteiger partial charge in [-0.15, -0.1) is 0 Å². The largest absolute Gasteiger partial charge is 0.317 e. The molecule has 0 saturated carbocycles. The minimum absolute atomic E-state index is 0.781. The predicted octanol–water partition coefficient (Wildman–Crippen LogP) is 2.91. The lowest BCUT2D eigenvalue weighted by molar-refractivity contribution is 0.278. The molecule has 0 amide bonds. The standard InChI is InChI=1S/C11H18ClN/c12-11-3-1-2-10(8-11)9-4-6-13-7-5-9/h8-10,13H,1-7H2. The third-order valence-corrected chi connectivity index (χ3v) is 3.65. The van der Waals surface area contributed by atoms with E-state index in [-0.39, 0.29) is 0 Å². The normalized spacial score (nSPS) is 31.5. The molecule has 0 bridgehead atoms. The minimum atomic E-state index is 0.781. The first-order valence-electron chi connectivity index (χ1n) is 5.43. The van der Waals surface area contributed by atoms with Crippen molar-refractivity contribution in [2.24, 2.45) is 11.8 Å². The van der Waals surface area contributed by atoms with Gasteiger partial charge in [0, 0.05) is 5.03 Å². The van der Waals surface area contributed by atoms with E-state index in [2.05, 4.69) is 11.4 Å². The van der Waals surface area contributed by atoms with Gasteiger partial charge in [0.15, 0.2) is 0 Å². The molecule has 0 aromatic heterocycles. The molecule has 2 heteroatoms. The molecule has 0 aromatic rings. The molecular weight excluding hydrogens is 182 g/mol. The Morgan fingerprint density at radius 1 is 1.23 bits per heavy atom. The first-order valence-corrected chi connectivity index (χ1v) is 5.81. The van der Waals surface area contributed by atoms with E-state index in [1.54, 1.807) is 0 Å². The van der Waals surface area contributed by atoms with E-state index in [0.29, 0.717) is 0 Å². The molecule has 2 aliphatic rings. The van der Waals surface area contributed by atoms with Crippen molar-refractivity contribution in [1.29, 1.82) is 0 Å². The molecule has 1 aliphatic heterocycles. The molecule has 2 rings (SSSR count). The van der Waals surface area contributed by atoms with E-state index in [1.165, 1.54) is 38.8 Å². The van der Waals surface area contributed by atoms with Gasteiger partial charge in [0.05, 0.1) is 0 Å². The average Bonchev–Trinajstić information content (AvgIpc) is 2.19. The highest BCUT2D eigenvalue weighted by Crippen LogP contribution is 2.33. The number of halogens is 1. The number of hydrogen-bond acceptors (Lipinski definition) is 1. The molecule has 1 unspecified atom stereocenters. The zero-order chi connectivity index (χ0) is 9.10. The van der Waals surface area contributed by atoms with Crippen molar-refractivity contribution in [1.82, 2.24) is 5.32 Å². The van der Waals surface area contributed by atoms with Crippen LogP contribution < -0.4 is 5.32 Å². The summed E-state index contributed by atoms with van der Waals surface area (Å²) >= 11 is 6.08. The van der Waals surface area contributed by atoms with Crippen molar-refractivity contribution in [3.63, 3.8) is 0 Å². The molecule has 1 fully saturated rings. The Hall–Kier alpha value is -0.0100. The summed E-state index contributed by atoms with van der Waals surface area (Å²) in [5, 5.41) is 4.52. The first-order chi connectivity index (χ1) is 6.36. The van der Waals surface area contributed by atoms with Gasteiger partial charge in [-0.25, -0.2) is 0 Å². The Morgan fingerprint density at radius 2 is 2.00 bits per heavy atom. The highest BCUT2D eigenvalue weighted by molar-refractivity contribution is 6.29. The van der Waals surface area contributed by atoms with Crippen LogP contribution in [0.2, 0.25) is 0 Å². The Bertz CT molecular complexity index is 194. The van der Waals surface area contributed by atoms with Crippen LogP contribution in [0.25, 0.3) is 0 Å². The molecule has 13 heavy (non-hydrogen) atoms. The molecular formula is C11H18ClN. The molecule has 1 aliphatic carbocycles. The van der Waals surface area contributed by atoms with E-state index in [1.807, 2.05) is 0 Å². The van der Waals surface area contributed by atoms with Crippen LogP contribution in [0.5, 0.6) is 0 Å². The van der Waals surface area contributed by atoms with Crippen molar-refractivity contribution in [3.05, 3.63) is 11.1 Å². The molecule has 0 radical (unpaired) electrons. The van der Waals surface area contributed by atoms with E-state index in [9.17, 15) is 0 Å². The quantitative estimate of drug-likeness (QED) is 0.685. The number of allylic oxidation sites excluding steroid dienone is 2. The Morgan fingerprint density at radius 3 is 2.69 bits per heavy atom. The zero-order valence-corrected chi connectivity index (χ0v) is 8.82. The molecule has 1 heterocycles. The summed E-state index contributed by atoms with van der Waals surface area (Å²) in [5.74, 6) is 1.68. The summed E-state index contributed by atoms with van der Waals surface area (Å²) in [6.07, 6.45) is 8.77. The maximum atomic E-state index is 6.08. The number of rotatable bonds is 1. The molecule has 1 nitrogen and oxygen atoms in total. The van der Waals surface area contributed by atoms with Crippen LogP contribution in [-0.4, -0.2) is 13.1 Å². The lowest BCUT2D eigenvalue weighted by Crippen LogP contribution is -2.31. The van der Waals surface area contributed by atoms with Gasteiger partial charge in [-0.2, -0.15) is 0 Å². The molecule has 1 atom stereocenters. The summed E-state index contributed by atoms with van der Waals surface area (Å²) in [4.78, 5) is 0. The number of piperidine rings is 1. The van der Waals surface area contributed by atoms with Crippen molar-refractivity contribution in [2.75, 3.05) is 13.1 Å². The van der Waals surface area contributed by atoms with Crippen molar-refractivity contribution in [3.8, 4) is 0 Å². The number of nitrogens with one attached hydrogen (secondary N) is 1. The van der Waals surface area contributed by atoms with E-state index in [4.69, 9.17) is 11.6 Å². The maximum Gasteiger partial charge on any atom is 0.0144 e. The molecule has 0 spiro atoms. The van der Waals surface area contributed by atoms with Crippen molar-refractivity contribution < 1.29 is 0 Å². The van der Waals surface area contributed by atoms with E-state index >= 15 is 0 Å². The lowest BCUT2D eigenvalue weighted by Gasteiger charge is -2.31. The van der Waals surface area contributed by atoms with Gasteiger partial charge >= 0.3 is 0 Å². The summed E-state index contributed by atoms with van der Waals surface area (Å²) in [6.45, 7) is 2.40. The van der Waals surface area contributed by atoms with Crippen LogP contribution in [0.4, 0.5) is 0 Å². The Balaban J connectivity index is 1.94. The summed E-state index contributed by atoms with van der Waals surface area (Å²) < 4.78 is 0. The minimum Gasteiger partial charge on any atom is -0.317 e. The van der Waals surface area contributed by atoms with Crippen LogP contribution in [0.3, 0.4) is 0 Å². The highest BCUT2D eigenvalue weighted by Gasteiger charge is 2.23. The number of hydrogen-bond donors (Lipinski definition) is 1. The maximum absolute atomic E-state index is 6.08. The van der Waals surface area contributed by atoms with Gasteiger partial charge < -0.3 is 5.32 Å². The SMILES string of the molecule is ClC1=CC(C2CCNCC2)CCC1. The molecule has 1 N–H and O–H groups in total. The van der Waals surface area contributed by atoms with Crippen LogP contribution in [-0.2, 0) is 0 Å². The lowest BCUT2D eigenvalue weighted by atomic mass is 9.79. The Kier molecular flexibility index (Phi) is 3.28. The van der Waals surface area contributed by atoms with E-state index < -0.39 is 0 Å². The van der Waals surface area contributed by atoms with Gasteiger partial charge in [-0.05, 0) is 57.0 Å². The van der Waals surface area contributed by atoms with Crippen LogP contribution in [0.15, 0.2) is 11.1 Å². The molecule has 1 saturated heterocycles. The van der Waals surface area contributed by atoms with Gasteiger partial charge in [-0.3, -0.25) is 0 Å². The van der Waals surface area contributed by atoms with Gasteiger partial charge in [0.1, 0.15) is 0 Å². The van der Waals surface area contributed by atoms with Crippen molar-refractivity contribution in [2.45, 2.75) is 32.1 Å². The predicted molar refractivity (Wildman–Crippen MR) is 56.9 cm³/mol. The highest BCUT2D eigenvalue weighted by atomic mass is 35.5. The van der Waals surface area contributed by atoms with Crippen LogP contribution in [0.1, 0.15) is 32.1 Å². The molecule has 0 aromatic carbocycles. The average molecular weight is 200 g/mol. The zero-order valence-electron chi connectivity index (χ0n) is 8.06.